The van der Waals surface area contributed by atoms with Gasteiger partial charge in [0, 0.05) is 4.88 Å². The lowest BCUT2D eigenvalue weighted by Crippen LogP contribution is -2.25. The Hall–Kier alpha value is -1.85. The van der Waals surface area contributed by atoms with Crippen LogP contribution in [-0.4, -0.2) is 12.5 Å². The zero-order valence-electron chi connectivity index (χ0n) is 9.55. The molecule has 0 bridgehead atoms. The molecule has 0 saturated heterocycles. The number of anilines is 1. The van der Waals surface area contributed by atoms with E-state index < -0.39 is 0 Å². The third-order valence-corrected chi connectivity index (χ3v) is 3.80. The lowest BCUT2D eigenvalue weighted by atomic mass is 10.0. The van der Waals surface area contributed by atoms with Gasteiger partial charge in [-0.05, 0) is 29.1 Å². The van der Waals surface area contributed by atoms with Crippen LogP contribution in [0.15, 0.2) is 35.7 Å². The number of carbonyl (C=O) groups excluding carboxylic acids is 1. The maximum atomic E-state index is 11.3. The molecule has 2 heterocycles. The number of carbonyl (C=O) groups is 1. The molecule has 18 heavy (non-hydrogen) atoms. The lowest BCUT2D eigenvalue weighted by Gasteiger charge is -2.20. The van der Waals surface area contributed by atoms with Crippen molar-refractivity contribution in [2.24, 2.45) is 5.73 Å². The van der Waals surface area contributed by atoms with Crippen molar-refractivity contribution in [2.45, 2.75) is 6.04 Å². The SMILES string of the molecule is NC(c1ccc2c(c1)NC(=O)CO2)c1cccs1. The second kappa shape index (κ2) is 4.44. The van der Waals surface area contributed by atoms with Crippen molar-refractivity contribution in [1.29, 1.82) is 0 Å². The molecule has 1 aliphatic heterocycles. The summed E-state index contributed by atoms with van der Waals surface area (Å²) in [6, 6.07) is 9.45. The summed E-state index contributed by atoms with van der Waals surface area (Å²) in [6.07, 6.45) is 0. The fraction of sp³-hybridized carbons (Fsp3) is 0.154. The number of nitrogens with one attached hydrogen (secondary N) is 1. The molecule has 4 nitrogen and oxygen atoms in total. The summed E-state index contributed by atoms with van der Waals surface area (Å²) in [5.74, 6) is 0.557. The summed E-state index contributed by atoms with van der Waals surface area (Å²) in [7, 11) is 0. The predicted octanol–water partition coefficient (Wildman–Crippen LogP) is 2.13. The third-order valence-electron chi connectivity index (χ3n) is 2.85. The summed E-state index contributed by atoms with van der Waals surface area (Å²) >= 11 is 1.62. The van der Waals surface area contributed by atoms with Gasteiger partial charge in [-0.3, -0.25) is 4.79 Å². The Morgan fingerprint density at radius 1 is 1.39 bits per heavy atom. The molecule has 1 atom stereocenters. The molecule has 92 valence electrons. The first kappa shape index (κ1) is 11.3. The third kappa shape index (κ3) is 1.98. The number of benzene rings is 1. The van der Waals surface area contributed by atoms with Gasteiger partial charge in [-0.15, -0.1) is 11.3 Å². The Labute approximate surface area is 108 Å². The van der Waals surface area contributed by atoms with Gasteiger partial charge in [-0.2, -0.15) is 0 Å². The van der Waals surface area contributed by atoms with Crippen molar-refractivity contribution in [1.82, 2.24) is 0 Å². The van der Waals surface area contributed by atoms with Crippen molar-refractivity contribution >= 4 is 22.9 Å². The molecule has 1 aliphatic rings. The van der Waals surface area contributed by atoms with E-state index in [1.54, 1.807) is 11.3 Å². The van der Waals surface area contributed by atoms with Crippen molar-refractivity contribution in [2.75, 3.05) is 11.9 Å². The molecule has 1 aromatic heterocycles. The molecule has 0 saturated carbocycles. The van der Waals surface area contributed by atoms with E-state index in [9.17, 15) is 4.79 Å². The standard InChI is InChI=1S/C13H12N2O2S/c14-13(11-2-1-5-18-11)8-3-4-10-9(6-8)15-12(16)7-17-10/h1-6,13H,7,14H2,(H,15,16). The van der Waals surface area contributed by atoms with E-state index in [0.29, 0.717) is 11.4 Å². The topological polar surface area (TPSA) is 64.3 Å². The smallest absolute Gasteiger partial charge is 0.262 e. The maximum Gasteiger partial charge on any atom is 0.262 e. The largest absolute Gasteiger partial charge is 0.482 e. The van der Waals surface area contributed by atoms with Gasteiger partial charge < -0.3 is 15.8 Å². The van der Waals surface area contributed by atoms with E-state index in [-0.39, 0.29) is 18.6 Å². The second-order valence-corrected chi connectivity index (χ2v) is 5.06. The quantitative estimate of drug-likeness (QED) is 0.869. The molecule has 3 rings (SSSR count). The molecule has 2 aromatic rings. The molecule has 0 spiro atoms. The van der Waals surface area contributed by atoms with Gasteiger partial charge in [0.05, 0.1) is 11.7 Å². The number of hydrogen-bond donors (Lipinski definition) is 2. The van der Waals surface area contributed by atoms with Gasteiger partial charge in [0.2, 0.25) is 0 Å². The van der Waals surface area contributed by atoms with Gasteiger partial charge in [-0.25, -0.2) is 0 Å². The number of hydrogen-bond acceptors (Lipinski definition) is 4. The van der Waals surface area contributed by atoms with Crippen molar-refractivity contribution in [3.05, 3.63) is 46.2 Å². The monoisotopic (exact) mass is 260 g/mol. The second-order valence-electron chi connectivity index (χ2n) is 4.09. The van der Waals surface area contributed by atoms with Crippen LogP contribution < -0.4 is 15.8 Å². The fourth-order valence-electron chi connectivity index (χ4n) is 1.93. The van der Waals surface area contributed by atoms with E-state index in [0.717, 1.165) is 10.4 Å². The minimum atomic E-state index is -0.172. The highest BCUT2D eigenvalue weighted by molar-refractivity contribution is 7.10. The van der Waals surface area contributed by atoms with E-state index in [1.807, 2.05) is 35.7 Å². The van der Waals surface area contributed by atoms with Crippen molar-refractivity contribution in [3.8, 4) is 5.75 Å². The zero-order valence-corrected chi connectivity index (χ0v) is 10.4. The number of thiophene rings is 1. The fourth-order valence-corrected chi connectivity index (χ4v) is 2.68. The van der Waals surface area contributed by atoms with Crippen LogP contribution >= 0.6 is 11.3 Å². The Balaban J connectivity index is 1.94. The van der Waals surface area contributed by atoms with E-state index in [2.05, 4.69) is 5.32 Å². The minimum Gasteiger partial charge on any atom is -0.482 e. The molecule has 5 heteroatoms. The normalized spacial score (nSPS) is 15.5. The first-order valence-corrected chi connectivity index (χ1v) is 6.47. The highest BCUT2D eigenvalue weighted by atomic mass is 32.1. The van der Waals surface area contributed by atoms with Gasteiger partial charge >= 0.3 is 0 Å². The summed E-state index contributed by atoms with van der Waals surface area (Å²) in [4.78, 5) is 12.4. The number of amides is 1. The van der Waals surface area contributed by atoms with E-state index in [1.165, 1.54) is 0 Å². The van der Waals surface area contributed by atoms with Crippen LogP contribution in [0.4, 0.5) is 5.69 Å². The number of ether oxygens (including phenoxy) is 1. The Kier molecular flexibility index (Phi) is 2.77. The first-order chi connectivity index (χ1) is 8.74. The Bertz CT molecular complexity index is 581. The minimum absolute atomic E-state index is 0.0727. The van der Waals surface area contributed by atoms with E-state index >= 15 is 0 Å². The summed E-state index contributed by atoms with van der Waals surface area (Å²) in [6.45, 7) is 0.0727. The molecule has 3 N–H and O–H groups in total. The molecule has 0 aliphatic carbocycles. The lowest BCUT2D eigenvalue weighted by molar-refractivity contribution is -0.118. The van der Waals surface area contributed by atoms with Crippen LogP contribution in [0.25, 0.3) is 0 Å². The number of rotatable bonds is 2. The number of fused-ring (bicyclic) bond motifs is 1. The van der Waals surface area contributed by atoms with Crippen LogP contribution in [0.3, 0.4) is 0 Å². The van der Waals surface area contributed by atoms with Crippen molar-refractivity contribution < 1.29 is 9.53 Å². The molecule has 0 radical (unpaired) electrons. The molecule has 0 fully saturated rings. The summed E-state index contributed by atoms with van der Waals surface area (Å²) < 4.78 is 5.31. The average molecular weight is 260 g/mol. The van der Waals surface area contributed by atoms with Gasteiger partial charge in [0.1, 0.15) is 5.75 Å². The maximum absolute atomic E-state index is 11.3. The number of nitrogens with two attached hydrogens (primary N) is 1. The molecular formula is C13H12N2O2S. The molecular weight excluding hydrogens is 248 g/mol. The zero-order chi connectivity index (χ0) is 12.5. The van der Waals surface area contributed by atoms with Gasteiger partial charge in [0.15, 0.2) is 6.61 Å². The molecule has 1 amide bonds. The molecule has 1 aromatic carbocycles. The Morgan fingerprint density at radius 2 is 2.28 bits per heavy atom. The Morgan fingerprint density at radius 3 is 3.06 bits per heavy atom. The highest BCUT2D eigenvalue weighted by Gasteiger charge is 2.18. The van der Waals surface area contributed by atoms with Gasteiger partial charge in [-0.1, -0.05) is 12.1 Å². The summed E-state index contributed by atoms with van der Waals surface area (Å²) in [5, 5.41) is 4.78. The van der Waals surface area contributed by atoms with Gasteiger partial charge in [0.25, 0.3) is 5.91 Å². The summed E-state index contributed by atoms with van der Waals surface area (Å²) in [5.41, 5.74) is 7.84. The van der Waals surface area contributed by atoms with Crippen molar-refractivity contribution in [3.63, 3.8) is 0 Å². The van der Waals surface area contributed by atoms with Crippen LogP contribution in [0.2, 0.25) is 0 Å². The van der Waals surface area contributed by atoms with E-state index in [4.69, 9.17) is 10.5 Å². The van der Waals surface area contributed by atoms with Crippen LogP contribution in [0.1, 0.15) is 16.5 Å². The predicted molar refractivity (Wildman–Crippen MR) is 70.9 cm³/mol. The average Bonchev–Trinajstić information content (AvgIpc) is 2.90. The van der Waals surface area contributed by atoms with Crippen LogP contribution in [0.5, 0.6) is 5.75 Å². The first-order valence-electron chi connectivity index (χ1n) is 5.59. The highest BCUT2D eigenvalue weighted by Crippen LogP contribution is 2.32. The van der Waals surface area contributed by atoms with Crippen LogP contribution in [0, 0.1) is 0 Å². The van der Waals surface area contributed by atoms with Crippen LogP contribution in [-0.2, 0) is 4.79 Å². The molecule has 1 unspecified atom stereocenters.